The van der Waals surface area contributed by atoms with Gasteiger partial charge in [-0.2, -0.15) is 0 Å². The van der Waals surface area contributed by atoms with E-state index in [1.807, 2.05) is 24.3 Å². The summed E-state index contributed by atoms with van der Waals surface area (Å²) in [5.41, 5.74) is 8.62. The molecule has 2 aromatic rings. The van der Waals surface area contributed by atoms with Crippen molar-refractivity contribution < 1.29 is 0 Å². The predicted molar refractivity (Wildman–Crippen MR) is 86.6 cm³/mol. The van der Waals surface area contributed by atoms with Gasteiger partial charge in [-0.1, -0.05) is 59.9 Å². The molecular formula is C14H12Br3N. The van der Waals surface area contributed by atoms with E-state index < -0.39 is 0 Å². The third kappa shape index (κ3) is 3.67. The highest BCUT2D eigenvalue weighted by atomic mass is 79.9. The van der Waals surface area contributed by atoms with Crippen LogP contribution in [-0.2, 0) is 6.42 Å². The Balaban J connectivity index is 2.21. The molecule has 18 heavy (non-hydrogen) atoms. The highest BCUT2D eigenvalue weighted by molar-refractivity contribution is 9.11. The second-order valence-electron chi connectivity index (χ2n) is 4.11. The molecule has 0 aliphatic heterocycles. The van der Waals surface area contributed by atoms with Crippen molar-refractivity contribution in [3.05, 3.63) is 67.0 Å². The lowest BCUT2D eigenvalue weighted by molar-refractivity contribution is 0.717. The monoisotopic (exact) mass is 431 g/mol. The molecule has 0 spiro atoms. The van der Waals surface area contributed by atoms with E-state index in [1.54, 1.807) is 0 Å². The van der Waals surface area contributed by atoms with Crippen molar-refractivity contribution in [2.75, 3.05) is 0 Å². The average Bonchev–Trinajstić information content (AvgIpc) is 2.32. The Hall–Kier alpha value is -0.160. The summed E-state index contributed by atoms with van der Waals surface area (Å²) in [5.74, 6) is 0. The first-order valence-electron chi connectivity index (χ1n) is 5.51. The first-order chi connectivity index (χ1) is 8.56. The Kier molecular flexibility index (Phi) is 5.01. The maximum Gasteiger partial charge on any atom is 0.0347 e. The first-order valence-corrected chi connectivity index (χ1v) is 7.89. The molecule has 0 aliphatic carbocycles. The van der Waals surface area contributed by atoms with Gasteiger partial charge in [0, 0.05) is 19.5 Å². The van der Waals surface area contributed by atoms with Crippen molar-refractivity contribution in [1.29, 1.82) is 0 Å². The van der Waals surface area contributed by atoms with E-state index in [0.717, 1.165) is 25.4 Å². The number of halogens is 3. The van der Waals surface area contributed by atoms with E-state index in [2.05, 4.69) is 66.0 Å². The van der Waals surface area contributed by atoms with Crippen molar-refractivity contribution in [2.24, 2.45) is 5.73 Å². The van der Waals surface area contributed by atoms with Gasteiger partial charge in [-0.3, -0.25) is 0 Å². The van der Waals surface area contributed by atoms with E-state index in [9.17, 15) is 0 Å². The molecule has 1 unspecified atom stereocenters. The number of nitrogens with two attached hydrogens (primary N) is 1. The van der Waals surface area contributed by atoms with Crippen LogP contribution in [0.15, 0.2) is 55.9 Å². The second kappa shape index (κ2) is 6.33. The number of benzene rings is 2. The van der Waals surface area contributed by atoms with Gasteiger partial charge in [0.15, 0.2) is 0 Å². The summed E-state index contributed by atoms with van der Waals surface area (Å²) in [5, 5.41) is 0. The molecule has 0 amide bonds. The molecule has 0 saturated heterocycles. The lowest BCUT2D eigenvalue weighted by atomic mass is 10.00. The summed E-state index contributed by atoms with van der Waals surface area (Å²) < 4.78 is 3.18. The molecule has 0 bridgehead atoms. The quantitative estimate of drug-likeness (QED) is 0.705. The van der Waals surface area contributed by atoms with E-state index in [4.69, 9.17) is 5.73 Å². The SMILES string of the molecule is NC(Cc1cccc(Br)c1)c1cc(Br)ccc1Br. The Labute approximate surface area is 132 Å². The molecule has 1 nitrogen and oxygen atoms in total. The molecular weight excluding hydrogens is 422 g/mol. The van der Waals surface area contributed by atoms with Crippen LogP contribution in [0.3, 0.4) is 0 Å². The summed E-state index contributed by atoms with van der Waals surface area (Å²) in [4.78, 5) is 0. The van der Waals surface area contributed by atoms with Crippen LogP contribution in [0.5, 0.6) is 0 Å². The maximum absolute atomic E-state index is 6.28. The molecule has 0 heterocycles. The Morgan fingerprint density at radius 1 is 0.944 bits per heavy atom. The van der Waals surface area contributed by atoms with Crippen LogP contribution in [0.1, 0.15) is 17.2 Å². The minimum absolute atomic E-state index is 0.0221. The van der Waals surface area contributed by atoms with Crippen LogP contribution in [0, 0.1) is 0 Å². The van der Waals surface area contributed by atoms with Crippen LogP contribution in [0.2, 0.25) is 0 Å². The fraction of sp³-hybridized carbons (Fsp3) is 0.143. The van der Waals surface area contributed by atoms with Crippen LogP contribution < -0.4 is 5.73 Å². The summed E-state index contributed by atoms with van der Waals surface area (Å²) in [6, 6.07) is 14.3. The number of hydrogen-bond acceptors (Lipinski definition) is 1. The first kappa shape index (κ1) is 14.3. The molecule has 0 aromatic heterocycles. The topological polar surface area (TPSA) is 26.0 Å². The zero-order chi connectivity index (χ0) is 13.1. The van der Waals surface area contributed by atoms with Crippen LogP contribution in [-0.4, -0.2) is 0 Å². The molecule has 1 atom stereocenters. The molecule has 94 valence electrons. The molecule has 0 radical (unpaired) electrons. The van der Waals surface area contributed by atoms with Crippen LogP contribution >= 0.6 is 47.8 Å². The molecule has 2 N–H and O–H groups in total. The maximum atomic E-state index is 6.28. The third-order valence-electron chi connectivity index (χ3n) is 2.70. The van der Waals surface area contributed by atoms with Gasteiger partial charge in [-0.15, -0.1) is 0 Å². The minimum Gasteiger partial charge on any atom is -0.324 e. The van der Waals surface area contributed by atoms with Crippen molar-refractivity contribution in [3.63, 3.8) is 0 Å². The van der Waals surface area contributed by atoms with E-state index in [0.29, 0.717) is 0 Å². The van der Waals surface area contributed by atoms with Crippen molar-refractivity contribution >= 4 is 47.8 Å². The summed E-state index contributed by atoms with van der Waals surface area (Å²) in [6.45, 7) is 0. The largest absolute Gasteiger partial charge is 0.324 e. The van der Waals surface area contributed by atoms with Gasteiger partial charge in [0.2, 0.25) is 0 Å². The Morgan fingerprint density at radius 2 is 1.67 bits per heavy atom. The van der Waals surface area contributed by atoms with Gasteiger partial charge in [0.05, 0.1) is 0 Å². The third-order valence-corrected chi connectivity index (χ3v) is 4.41. The highest BCUT2D eigenvalue weighted by Gasteiger charge is 2.11. The van der Waals surface area contributed by atoms with Gasteiger partial charge >= 0.3 is 0 Å². The smallest absolute Gasteiger partial charge is 0.0347 e. The van der Waals surface area contributed by atoms with Gasteiger partial charge in [0.1, 0.15) is 0 Å². The van der Waals surface area contributed by atoms with Crippen molar-refractivity contribution in [2.45, 2.75) is 12.5 Å². The Bertz CT molecular complexity index is 554. The van der Waals surface area contributed by atoms with Crippen molar-refractivity contribution in [3.8, 4) is 0 Å². The molecule has 2 aromatic carbocycles. The molecule has 2 rings (SSSR count). The van der Waals surface area contributed by atoms with Crippen LogP contribution in [0.25, 0.3) is 0 Å². The fourth-order valence-electron chi connectivity index (χ4n) is 1.83. The van der Waals surface area contributed by atoms with E-state index in [-0.39, 0.29) is 6.04 Å². The standard InChI is InChI=1S/C14H12Br3N/c15-10-3-1-2-9(6-10)7-14(18)12-8-11(16)4-5-13(12)17/h1-6,8,14H,7,18H2. The zero-order valence-corrected chi connectivity index (χ0v) is 14.3. The fourth-order valence-corrected chi connectivity index (χ4v) is 3.19. The van der Waals surface area contributed by atoms with E-state index in [1.165, 1.54) is 5.56 Å². The summed E-state index contributed by atoms with van der Waals surface area (Å²) >= 11 is 10.5. The summed E-state index contributed by atoms with van der Waals surface area (Å²) in [6.07, 6.45) is 0.814. The average molecular weight is 434 g/mol. The van der Waals surface area contributed by atoms with Crippen LogP contribution in [0.4, 0.5) is 0 Å². The Morgan fingerprint density at radius 3 is 2.39 bits per heavy atom. The zero-order valence-electron chi connectivity index (χ0n) is 9.54. The van der Waals surface area contributed by atoms with Crippen molar-refractivity contribution in [1.82, 2.24) is 0 Å². The van der Waals surface area contributed by atoms with Gasteiger partial charge in [0.25, 0.3) is 0 Å². The molecule has 0 saturated carbocycles. The minimum atomic E-state index is -0.0221. The number of hydrogen-bond donors (Lipinski definition) is 1. The molecule has 4 heteroatoms. The normalized spacial score (nSPS) is 12.4. The van der Waals surface area contributed by atoms with Gasteiger partial charge in [-0.05, 0) is 47.9 Å². The number of rotatable bonds is 3. The highest BCUT2D eigenvalue weighted by Crippen LogP contribution is 2.28. The molecule has 0 fully saturated rings. The predicted octanol–water partition coefficient (Wildman–Crippen LogP) is 5.22. The lowest BCUT2D eigenvalue weighted by Crippen LogP contribution is -2.14. The summed E-state index contributed by atoms with van der Waals surface area (Å²) in [7, 11) is 0. The molecule has 0 aliphatic rings. The van der Waals surface area contributed by atoms with E-state index >= 15 is 0 Å². The second-order valence-corrected chi connectivity index (χ2v) is 6.79. The lowest BCUT2D eigenvalue weighted by Gasteiger charge is -2.14. The van der Waals surface area contributed by atoms with Gasteiger partial charge in [-0.25, -0.2) is 0 Å². The van der Waals surface area contributed by atoms with Gasteiger partial charge < -0.3 is 5.73 Å².